The standard InChI is InChI=1S/C9H14O2/c1-8(2-5-10)9-3-6-11-7-4-9/h5,9H,1-4,6-7H2. The molecule has 0 amide bonds. The highest BCUT2D eigenvalue weighted by Crippen LogP contribution is 2.23. The third-order valence-electron chi connectivity index (χ3n) is 2.14. The van der Waals surface area contributed by atoms with E-state index in [1.54, 1.807) is 0 Å². The van der Waals surface area contributed by atoms with Crippen LogP contribution in [0.25, 0.3) is 0 Å². The second kappa shape index (κ2) is 4.29. The Hall–Kier alpha value is -0.630. The normalized spacial score (nSPS) is 19.6. The molecule has 0 saturated carbocycles. The Kier molecular flexibility index (Phi) is 3.30. The van der Waals surface area contributed by atoms with Crippen molar-refractivity contribution in [3.05, 3.63) is 12.2 Å². The molecule has 0 aromatic heterocycles. The fraction of sp³-hybridized carbons (Fsp3) is 0.667. The number of hydrogen-bond acceptors (Lipinski definition) is 2. The molecule has 11 heavy (non-hydrogen) atoms. The lowest BCUT2D eigenvalue weighted by Crippen LogP contribution is -2.17. The molecule has 0 aromatic rings. The molecule has 1 saturated heterocycles. The van der Waals surface area contributed by atoms with Crippen LogP contribution in [0.5, 0.6) is 0 Å². The maximum absolute atomic E-state index is 10.2. The number of aldehydes is 1. The predicted molar refractivity (Wildman–Crippen MR) is 43.4 cm³/mol. The molecule has 0 aliphatic carbocycles. The van der Waals surface area contributed by atoms with Gasteiger partial charge in [0.2, 0.25) is 0 Å². The van der Waals surface area contributed by atoms with E-state index in [0.29, 0.717) is 12.3 Å². The highest BCUT2D eigenvalue weighted by Gasteiger charge is 2.15. The average Bonchev–Trinajstić information content (AvgIpc) is 2.07. The largest absolute Gasteiger partial charge is 0.381 e. The van der Waals surface area contributed by atoms with Gasteiger partial charge in [-0.2, -0.15) is 0 Å². The van der Waals surface area contributed by atoms with Crippen LogP contribution in [0.3, 0.4) is 0 Å². The second-order valence-corrected chi connectivity index (χ2v) is 2.92. The Morgan fingerprint density at radius 3 is 2.73 bits per heavy atom. The van der Waals surface area contributed by atoms with E-state index < -0.39 is 0 Å². The summed E-state index contributed by atoms with van der Waals surface area (Å²) in [6.07, 6.45) is 3.52. The van der Waals surface area contributed by atoms with Crippen LogP contribution >= 0.6 is 0 Å². The Morgan fingerprint density at radius 2 is 2.18 bits per heavy atom. The first-order chi connectivity index (χ1) is 5.34. The van der Waals surface area contributed by atoms with Crippen molar-refractivity contribution < 1.29 is 9.53 Å². The van der Waals surface area contributed by atoms with Crippen LogP contribution in [0.4, 0.5) is 0 Å². The maximum Gasteiger partial charge on any atom is 0.124 e. The van der Waals surface area contributed by atoms with Gasteiger partial charge in [0.1, 0.15) is 6.29 Å². The van der Waals surface area contributed by atoms with Crippen LogP contribution in [-0.2, 0) is 9.53 Å². The molecule has 62 valence electrons. The maximum atomic E-state index is 10.2. The third kappa shape index (κ3) is 2.46. The van der Waals surface area contributed by atoms with Crippen molar-refractivity contribution in [1.82, 2.24) is 0 Å². The quantitative estimate of drug-likeness (QED) is 0.455. The fourth-order valence-electron chi connectivity index (χ4n) is 1.38. The first-order valence-corrected chi connectivity index (χ1v) is 4.03. The third-order valence-corrected chi connectivity index (χ3v) is 2.14. The first-order valence-electron chi connectivity index (χ1n) is 4.03. The number of carbonyl (C=O) groups is 1. The van der Waals surface area contributed by atoms with Gasteiger partial charge in [0.25, 0.3) is 0 Å². The van der Waals surface area contributed by atoms with Gasteiger partial charge in [-0.05, 0) is 18.8 Å². The van der Waals surface area contributed by atoms with E-state index >= 15 is 0 Å². The van der Waals surface area contributed by atoms with E-state index in [1.807, 2.05) is 0 Å². The molecule has 1 heterocycles. The molecule has 0 aromatic carbocycles. The summed E-state index contributed by atoms with van der Waals surface area (Å²) in [5, 5.41) is 0. The number of hydrogen-bond donors (Lipinski definition) is 0. The second-order valence-electron chi connectivity index (χ2n) is 2.92. The molecular formula is C9H14O2. The van der Waals surface area contributed by atoms with Crippen LogP contribution in [-0.4, -0.2) is 19.5 Å². The number of rotatable bonds is 3. The summed E-state index contributed by atoms with van der Waals surface area (Å²) < 4.78 is 5.20. The molecule has 1 rings (SSSR count). The van der Waals surface area contributed by atoms with Crippen molar-refractivity contribution in [1.29, 1.82) is 0 Å². The van der Waals surface area contributed by atoms with Gasteiger partial charge < -0.3 is 9.53 Å². The van der Waals surface area contributed by atoms with Crippen LogP contribution in [0.15, 0.2) is 12.2 Å². The van der Waals surface area contributed by atoms with Crippen LogP contribution in [0.1, 0.15) is 19.3 Å². The summed E-state index contributed by atoms with van der Waals surface area (Å²) in [6.45, 7) is 5.53. The van der Waals surface area contributed by atoms with E-state index in [9.17, 15) is 4.79 Å². The lowest BCUT2D eigenvalue weighted by atomic mass is 9.91. The van der Waals surface area contributed by atoms with Crippen molar-refractivity contribution in [2.75, 3.05) is 13.2 Å². The van der Waals surface area contributed by atoms with Crippen molar-refractivity contribution >= 4 is 6.29 Å². The van der Waals surface area contributed by atoms with Crippen molar-refractivity contribution in [2.24, 2.45) is 5.92 Å². The van der Waals surface area contributed by atoms with Gasteiger partial charge in [-0.3, -0.25) is 0 Å². The average molecular weight is 154 g/mol. The van der Waals surface area contributed by atoms with Gasteiger partial charge in [0, 0.05) is 19.6 Å². The molecule has 1 fully saturated rings. The number of ether oxygens (including phenoxy) is 1. The smallest absolute Gasteiger partial charge is 0.124 e. The fourth-order valence-corrected chi connectivity index (χ4v) is 1.38. The summed E-state index contributed by atoms with van der Waals surface area (Å²) in [7, 11) is 0. The van der Waals surface area contributed by atoms with E-state index in [0.717, 1.165) is 37.9 Å². The Bertz CT molecular complexity index is 146. The number of carbonyl (C=O) groups excluding carboxylic acids is 1. The zero-order chi connectivity index (χ0) is 8.10. The van der Waals surface area contributed by atoms with Crippen LogP contribution in [0, 0.1) is 5.92 Å². The van der Waals surface area contributed by atoms with E-state index in [4.69, 9.17) is 4.74 Å². The van der Waals surface area contributed by atoms with Crippen LogP contribution in [0.2, 0.25) is 0 Å². The van der Waals surface area contributed by atoms with Crippen molar-refractivity contribution in [3.63, 3.8) is 0 Å². The highest BCUT2D eigenvalue weighted by atomic mass is 16.5. The molecule has 0 spiro atoms. The molecular weight excluding hydrogens is 140 g/mol. The molecule has 2 heteroatoms. The molecule has 0 unspecified atom stereocenters. The van der Waals surface area contributed by atoms with Gasteiger partial charge >= 0.3 is 0 Å². The number of allylic oxidation sites excluding steroid dienone is 1. The predicted octanol–water partition coefficient (Wildman–Crippen LogP) is 1.56. The molecule has 1 aliphatic rings. The molecule has 0 radical (unpaired) electrons. The molecule has 0 bridgehead atoms. The van der Waals surface area contributed by atoms with Gasteiger partial charge in [-0.15, -0.1) is 0 Å². The molecule has 0 atom stereocenters. The van der Waals surface area contributed by atoms with E-state index in [2.05, 4.69) is 6.58 Å². The lowest BCUT2D eigenvalue weighted by molar-refractivity contribution is -0.107. The summed E-state index contributed by atoms with van der Waals surface area (Å²) in [4.78, 5) is 10.2. The first kappa shape index (κ1) is 8.47. The molecule has 2 nitrogen and oxygen atoms in total. The van der Waals surface area contributed by atoms with E-state index in [-0.39, 0.29) is 0 Å². The van der Waals surface area contributed by atoms with Crippen molar-refractivity contribution in [2.45, 2.75) is 19.3 Å². The zero-order valence-electron chi connectivity index (χ0n) is 6.71. The van der Waals surface area contributed by atoms with Gasteiger partial charge in [-0.25, -0.2) is 0 Å². The zero-order valence-corrected chi connectivity index (χ0v) is 6.71. The van der Waals surface area contributed by atoms with Crippen molar-refractivity contribution in [3.8, 4) is 0 Å². The molecule has 1 aliphatic heterocycles. The van der Waals surface area contributed by atoms with Crippen LogP contribution < -0.4 is 0 Å². The lowest BCUT2D eigenvalue weighted by Gasteiger charge is -2.22. The Labute approximate surface area is 67.2 Å². The minimum absolute atomic E-state index is 0.519. The SMILES string of the molecule is C=C(CC=O)C1CCOCC1. The summed E-state index contributed by atoms with van der Waals surface area (Å²) >= 11 is 0. The Morgan fingerprint density at radius 1 is 1.55 bits per heavy atom. The minimum atomic E-state index is 0.519. The summed E-state index contributed by atoms with van der Waals surface area (Å²) in [5.74, 6) is 0.522. The van der Waals surface area contributed by atoms with Gasteiger partial charge in [0.05, 0.1) is 0 Å². The summed E-state index contributed by atoms with van der Waals surface area (Å²) in [5.41, 5.74) is 1.07. The van der Waals surface area contributed by atoms with Gasteiger partial charge in [-0.1, -0.05) is 12.2 Å². The summed E-state index contributed by atoms with van der Waals surface area (Å²) in [6, 6.07) is 0. The highest BCUT2D eigenvalue weighted by molar-refractivity contribution is 5.54. The molecule has 0 N–H and O–H groups in total. The Balaban J connectivity index is 2.32. The van der Waals surface area contributed by atoms with E-state index in [1.165, 1.54) is 0 Å². The topological polar surface area (TPSA) is 26.3 Å². The monoisotopic (exact) mass is 154 g/mol. The minimum Gasteiger partial charge on any atom is -0.381 e. The van der Waals surface area contributed by atoms with Gasteiger partial charge in [0.15, 0.2) is 0 Å².